The van der Waals surface area contributed by atoms with Crippen molar-refractivity contribution in [3.8, 4) is 0 Å². The van der Waals surface area contributed by atoms with Crippen LogP contribution in [0.4, 0.5) is 0 Å². The van der Waals surface area contributed by atoms with Gasteiger partial charge in [0.25, 0.3) is 5.56 Å². The predicted molar refractivity (Wildman–Crippen MR) is 68.2 cm³/mol. The van der Waals surface area contributed by atoms with Gasteiger partial charge in [0.2, 0.25) is 5.56 Å². The minimum atomic E-state index is -0.0370. The summed E-state index contributed by atoms with van der Waals surface area (Å²) in [7, 11) is 1.74. The third kappa shape index (κ3) is 4.51. The van der Waals surface area contributed by atoms with Gasteiger partial charge in [-0.15, -0.1) is 0 Å². The van der Waals surface area contributed by atoms with E-state index in [1.54, 1.807) is 36.1 Å². The Hall–Kier alpha value is -2.10. The third-order valence-corrected chi connectivity index (χ3v) is 2.19. The summed E-state index contributed by atoms with van der Waals surface area (Å²) in [4.78, 5) is 23.8. The van der Waals surface area contributed by atoms with E-state index in [1.165, 1.54) is 0 Å². The van der Waals surface area contributed by atoms with E-state index in [1.807, 2.05) is 26.0 Å². The van der Waals surface area contributed by atoms with Gasteiger partial charge < -0.3 is 9.55 Å². The number of aromatic amines is 1. The molecule has 1 N–H and O–H groups in total. The zero-order valence-corrected chi connectivity index (χ0v) is 10.2. The van der Waals surface area contributed by atoms with Gasteiger partial charge in [-0.25, -0.2) is 0 Å². The minimum Gasteiger partial charge on any atom is -0.329 e. The first-order chi connectivity index (χ1) is 7.99. The molecule has 0 aromatic carbocycles. The number of nitrogens with one attached hydrogen (secondary N) is 1. The number of hydrogen-bond acceptors (Lipinski definition) is 2. The maximum Gasteiger partial charge on any atom is 0.250 e. The highest BCUT2D eigenvalue weighted by molar-refractivity contribution is 5.07. The SMILES string of the molecule is Cc1cc[nH]c(=O)c1.Cc1ccn(C)c(=O)c1. The summed E-state index contributed by atoms with van der Waals surface area (Å²) in [6.45, 7) is 3.79. The van der Waals surface area contributed by atoms with Crippen molar-refractivity contribution in [3.63, 3.8) is 0 Å². The molecular formula is C13H16N2O2. The molecule has 0 aliphatic rings. The van der Waals surface area contributed by atoms with E-state index in [0.717, 1.165) is 11.1 Å². The standard InChI is InChI=1S/C7H9NO.C6H7NO/c1-6-3-4-8(2)7(9)5-6;1-5-2-3-7-6(8)4-5/h3-5H,1-2H3;2-4H,1H3,(H,7,8). The molecule has 0 spiro atoms. The molecule has 90 valence electrons. The molecule has 4 nitrogen and oxygen atoms in total. The molecule has 0 amide bonds. The number of nitrogens with zero attached hydrogens (tertiary/aromatic N) is 1. The molecule has 0 aliphatic heterocycles. The molecule has 0 bridgehead atoms. The number of aryl methyl sites for hydroxylation is 3. The summed E-state index contributed by atoms with van der Waals surface area (Å²) in [6, 6.07) is 6.92. The van der Waals surface area contributed by atoms with E-state index in [0.29, 0.717) is 0 Å². The zero-order valence-electron chi connectivity index (χ0n) is 10.2. The van der Waals surface area contributed by atoms with Crippen molar-refractivity contribution in [3.05, 3.63) is 68.5 Å². The molecule has 0 aliphatic carbocycles. The second kappa shape index (κ2) is 5.84. The molecule has 0 saturated carbocycles. The van der Waals surface area contributed by atoms with Crippen molar-refractivity contribution in [1.29, 1.82) is 0 Å². The number of H-pyrrole nitrogens is 1. The Labute approximate surface area is 99.6 Å². The van der Waals surface area contributed by atoms with E-state index in [9.17, 15) is 9.59 Å². The number of pyridine rings is 2. The van der Waals surface area contributed by atoms with E-state index in [2.05, 4.69) is 4.98 Å². The van der Waals surface area contributed by atoms with E-state index >= 15 is 0 Å². The maximum absolute atomic E-state index is 10.8. The van der Waals surface area contributed by atoms with Crippen LogP contribution in [0.15, 0.2) is 46.2 Å². The molecule has 2 aromatic heterocycles. The summed E-state index contributed by atoms with van der Waals surface area (Å²) in [6.07, 6.45) is 3.40. The lowest BCUT2D eigenvalue weighted by Gasteiger charge is -1.94. The highest BCUT2D eigenvalue weighted by atomic mass is 16.1. The Bertz CT molecular complexity index is 597. The van der Waals surface area contributed by atoms with Crippen LogP contribution in [0.25, 0.3) is 0 Å². The minimum absolute atomic E-state index is 0.0370. The molecule has 4 heteroatoms. The Morgan fingerprint density at radius 1 is 1.06 bits per heavy atom. The quantitative estimate of drug-likeness (QED) is 0.746. The van der Waals surface area contributed by atoms with Gasteiger partial charge in [-0.05, 0) is 37.1 Å². The van der Waals surface area contributed by atoms with Gasteiger partial charge in [0, 0.05) is 31.6 Å². The van der Waals surface area contributed by atoms with Crippen LogP contribution in [-0.2, 0) is 7.05 Å². The first kappa shape index (κ1) is 13.0. The van der Waals surface area contributed by atoms with Gasteiger partial charge in [-0.2, -0.15) is 0 Å². The zero-order chi connectivity index (χ0) is 12.8. The van der Waals surface area contributed by atoms with E-state index in [4.69, 9.17) is 0 Å². The summed E-state index contributed by atoms with van der Waals surface area (Å²) < 4.78 is 1.55. The highest BCUT2D eigenvalue weighted by Gasteiger charge is 1.86. The number of rotatable bonds is 0. The second-order valence-electron chi connectivity index (χ2n) is 3.88. The number of aromatic nitrogens is 2. The molecule has 0 radical (unpaired) electrons. The molecule has 0 atom stereocenters. The highest BCUT2D eigenvalue weighted by Crippen LogP contribution is 1.87. The molecular weight excluding hydrogens is 216 g/mol. The Kier molecular flexibility index (Phi) is 4.46. The second-order valence-corrected chi connectivity index (χ2v) is 3.88. The Morgan fingerprint density at radius 2 is 1.71 bits per heavy atom. The lowest BCUT2D eigenvalue weighted by atomic mass is 10.3. The monoisotopic (exact) mass is 232 g/mol. The Morgan fingerprint density at radius 3 is 2.12 bits per heavy atom. The molecule has 2 aromatic rings. The fourth-order valence-corrected chi connectivity index (χ4v) is 1.20. The summed E-state index contributed by atoms with van der Waals surface area (Å²) in [5, 5.41) is 0. The topological polar surface area (TPSA) is 54.9 Å². The van der Waals surface area contributed by atoms with Crippen molar-refractivity contribution in [1.82, 2.24) is 9.55 Å². The van der Waals surface area contributed by atoms with Crippen molar-refractivity contribution in [2.24, 2.45) is 7.05 Å². The van der Waals surface area contributed by atoms with Crippen molar-refractivity contribution < 1.29 is 0 Å². The van der Waals surface area contributed by atoms with Gasteiger partial charge in [-0.3, -0.25) is 9.59 Å². The molecule has 0 saturated heterocycles. The molecule has 17 heavy (non-hydrogen) atoms. The van der Waals surface area contributed by atoms with Crippen LogP contribution in [0.3, 0.4) is 0 Å². The summed E-state index contributed by atoms with van der Waals surface area (Å²) in [5.74, 6) is 0. The van der Waals surface area contributed by atoms with Crippen LogP contribution in [0.1, 0.15) is 11.1 Å². The van der Waals surface area contributed by atoms with Gasteiger partial charge in [0.15, 0.2) is 0 Å². The first-order valence-electron chi connectivity index (χ1n) is 5.27. The van der Waals surface area contributed by atoms with Crippen molar-refractivity contribution in [2.75, 3.05) is 0 Å². The maximum atomic E-state index is 10.8. The van der Waals surface area contributed by atoms with Gasteiger partial charge in [0.1, 0.15) is 0 Å². The van der Waals surface area contributed by atoms with Crippen LogP contribution in [-0.4, -0.2) is 9.55 Å². The van der Waals surface area contributed by atoms with Crippen LogP contribution in [0, 0.1) is 13.8 Å². The van der Waals surface area contributed by atoms with Gasteiger partial charge >= 0.3 is 0 Å². The van der Waals surface area contributed by atoms with Gasteiger partial charge in [0.05, 0.1) is 0 Å². The number of hydrogen-bond donors (Lipinski definition) is 1. The lowest BCUT2D eigenvalue weighted by Crippen LogP contribution is -2.13. The molecule has 2 rings (SSSR count). The largest absolute Gasteiger partial charge is 0.329 e. The van der Waals surface area contributed by atoms with Gasteiger partial charge in [-0.1, -0.05) is 0 Å². The normalized spacial score (nSPS) is 9.35. The first-order valence-corrected chi connectivity index (χ1v) is 5.27. The van der Waals surface area contributed by atoms with Crippen LogP contribution >= 0.6 is 0 Å². The van der Waals surface area contributed by atoms with Crippen LogP contribution in [0.5, 0.6) is 0 Å². The van der Waals surface area contributed by atoms with E-state index < -0.39 is 0 Å². The van der Waals surface area contributed by atoms with Crippen LogP contribution < -0.4 is 11.1 Å². The smallest absolute Gasteiger partial charge is 0.250 e. The molecule has 0 fully saturated rings. The lowest BCUT2D eigenvalue weighted by molar-refractivity contribution is 0.856. The van der Waals surface area contributed by atoms with Crippen molar-refractivity contribution in [2.45, 2.75) is 13.8 Å². The summed E-state index contributed by atoms with van der Waals surface area (Å²) >= 11 is 0. The average Bonchev–Trinajstić information content (AvgIpc) is 2.24. The molecule has 0 unspecified atom stereocenters. The third-order valence-electron chi connectivity index (χ3n) is 2.19. The fraction of sp³-hybridized carbons (Fsp3) is 0.231. The molecule has 2 heterocycles. The van der Waals surface area contributed by atoms with Crippen molar-refractivity contribution >= 4 is 0 Å². The average molecular weight is 232 g/mol. The van der Waals surface area contributed by atoms with E-state index in [-0.39, 0.29) is 11.1 Å². The fourth-order valence-electron chi connectivity index (χ4n) is 1.20. The summed E-state index contributed by atoms with van der Waals surface area (Å²) in [5.41, 5.74) is 2.02. The Balaban J connectivity index is 0.000000171. The van der Waals surface area contributed by atoms with Crippen LogP contribution in [0.2, 0.25) is 0 Å². The predicted octanol–water partition coefficient (Wildman–Crippen LogP) is 1.38.